The SMILES string of the molecule is CC(C)OC1=C(OC(C)C)[C@H]2[C@H]3[C@@H](C[C@H]2C1=O)CC(C)(C)[C@@H]3O. The van der Waals surface area contributed by atoms with Crippen LogP contribution in [0.5, 0.6) is 0 Å². The molecule has 4 nitrogen and oxygen atoms in total. The van der Waals surface area contributed by atoms with Gasteiger partial charge in [0.2, 0.25) is 11.5 Å². The van der Waals surface area contributed by atoms with Crippen LogP contribution in [0, 0.1) is 29.1 Å². The van der Waals surface area contributed by atoms with Gasteiger partial charge in [0.05, 0.1) is 18.3 Å². The van der Waals surface area contributed by atoms with Crippen molar-refractivity contribution in [3.63, 3.8) is 0 Å². The number of carbonyl (C=O) groups excluding carboxylic acids is 1. The highest BCUT2D eigenvalue weighted by molar-refractivity contribution is 5.99. The average molecular weight is 322 g/mol. The lowest BCUT2D eigenvalue weighted by atomic mass is 9.80. The van der Waals surface area contributed by atoms with Gasteiger partial charge >= 0.3 is 0 Å². The lowest BCUT2D eigenvalue weighted by Gasteiger charge is -2.30. The molecular weight excluding hydrogens is 292 g/mol. The molecular formula is C19H30O4. The van der Waals surface area contributed by atoms with Gasteiger partial charge in [-0.25, -0.2) is 0 Å². The molecule has 0 spiro atoms. The molecule has 23 heavy (non-hydrogen) atoms. The zero-order valence-corrected chi connectivity index (χ0v) is 15.1. The van der Waals surface area contributed by atoms with Crippen molar-refractivity contribution in [1.29, 1.82) is 0 Å². The summed E-state index contributed by atoms with van der Waals surface area (Å²) in [5.74, 6) is 1.63. The number of ketones is 1. The summed E-state index contributed by atoms with van der Waals surface area (Å²) in [6.07, 6.45) is 1.38. The summed E-state index contributed by atoms with van der Waals surface area (Å²) >= 11 is 0. The molecule has 0 aromatic carbocycles. The maximum Gasteiger partial charge on any atom is 0.204 e. The summed E-state index contributed by atoms with van der Waals surface area (Å²) in [6, 6.07) is 0. The second-order valence-electron chi connectivity index (χ2n) is 8.73. The number of hydrogen-bond donors (Lipinski definition) is 1. The van der Waals surface area contributed by atoms with Gasteiger partial charge in [0.1, 0.15) is 5.76 Å². The van der Waals surface area contributed by atoms with Crippen LogP contribution in [-0.2, 0) is 14.3 Å². The second-order valence-corrected chi connectivity index (χ2v) is 8.73. The van der Waals surface area contributed by atoms with Crippen molar-refractivity contribution in [3.8, 4) is 0 Å². The molecule has 0 bridgehead atoms. The van der Waals surface area contributed by atoms with Gasteiger partial charge in [0, 0.05) is 11.8 Å². The van der Waals surface area contributed by atoms with Gasteiger partial charge in [0.15, 0.2) is 0 Å². The Morgan fingerprint density at radius 3 is 2.30 bits per heavy atom. The molecule has 0 aromatic heterocycles. The first kappa shape index (κ1) is 16.8. The van der Waals surface area contributed by atoms with E-state index in [1.807, 2.05) is 27.7 Å². The van der Waals surface area contributed by atoms with E-state index in [0.717, 1.165) is 12.8 Å². The van der Waals surface area contributed by atoms with E-state index in [2.05, 4.69) is 13.8 Å². The monoisotopic (exact) mass is 322 g/mol. The van der Waals surface area contributed by atoms with Crippen molar-refractivity contribution in [2.45, 2.75) is 72.7 Å². The molecule has 2 saturated carbocycles. The summed E-state index contributed by atoms with van der Waals surface area (Å²) in [5.41, 5.74) is -0.0893. The van der Waals surface area contributed by atoms with Crippen LogP contribution < -0.4 is 0 Å². The molecule has 5 atom stereocenters. The number of allylic oxidation sites excluding steroid dienone is 2. The lowest BCUT2D eigenvalue weighted by molar-refractivity contribution is -0.122. The molecule has 3 rings (SSSR count). The molecule has 3 aliphatic rings. The van der Waals surface area contributed by atoms with Crippen LogP contribution in [0.3, 0.4) is 0 Å². The molecule has 130 valence electrons. The fraction of sp³-hybridized carbons (Fsp3) is 0.842. The maximum atomic E-state index is 12.9. The Kier molecular flexibility index (Phi) is 4.03. The summed E-state index contributed by atoms with van der Waals surface area (Å²) < 4.78 is 11.9. The molecule has 0 aliphatic heterocycles. The normalized spacial score (nSPS) is 38.5. The van der Waals surface area contributed by atoms with Crippen molar-refractivity contribution in [2.75, 3.05) is 0 Å². The van der Waals surface area contributed by atoms with Gasteiger partial charge in [-0.3, -0.25) is 4.79 Å². The smallest absolute Gasteiger partial charge is 0.204 e. The molecule has 0 unspecified atom stereocenters. The van der Waals surface area contributed by atoms with Gasteiger partial charge in [-0.05, 0) is 57.8 Å². The predicted molar refractivity (Wildman–Crippen MR) is 87.5 cm³/mol. The van der Waals surface area contributed by atoms with E-state index in [-0.39, 0.29) is 47.3 Å². The highest BCUT2D eigenvalue weighted by Crippen LogP contribution is 2.61. The maximum absolute atomic E-state index is 12.9. The molecule has 3 aliphatic carbocycles. The Balaban J connectivity index is 1.98. The van der Waals surface area contributed by atoms with E-state index >= 15 is 0 Å². The first-order chi connectivity index (χ1) is 10.6. The third kappa shape index (κ3) is 2.59. The fourth-order valence-corrected chi connectivity index (χ4v) is 4.99. The zero-order valence-electron chi connectivity index (χ0n) is 15.1. The second kappa shape index (κ2) is 5.51. The molecule has 0 amide bonds. The summed E-state index contributed by atoms with van der Waals surface area (Å²) in [4.78, 5) is 12.9. The van der Waals surface area contributed by atoms with Crippen LogP contribution in [0.2, 0.25) is 0 Å². The largest absolute Gasteiger partial charge is 0.491 e. The van der Waals surface area contributed by atoms with Crippen molar-refractivity contribution in [1.82, 2.24) is 0 Å². The minimum absolute atomic E-state index is 0.00656. The third-order valence-electron chi connectivity index (χ3n) is 5.71. The molecule has 4 heteroatoms. The Hall–Kier alpha value is -1.03. The minimum atomic E-state index is -0.389. The Morgan fingerprint density at radius 2 is 1.74 bits per heavy atom. The average Bonchev–Trinajstić information content (AvgIpc) is 2.94. The van der Waals surface area contributed by atoms with Gasteiger partial charge in [-0.15, -0.1) is 0 Å². The standard InChI is InChI=1S/C19H30O4/c1-9(2)22-16-14-12(15(20)17(16)23-10(3)4)7-11-8-19(5,6)18(21)13(11)14/h9-14,18,21H,7-8H2,1-6H3/t11-,12+,13+,14+,18+/m0/s1. The van der Waals surface area contributed by atoms with Crippen LogP contribution in [-0.4, -0.2) is 29.2 Å². The van der Waals surface area contributed by atoms with Gasteiger partial charge in [-0.2, -0.15) is 0 Å². The van der Waals surface area contributed by atoms with Crippen LogP contribution in [0.4, 0.5) is 0 Å². The van der Waals surface area contributed by atoms with Crippen molar-refractivity contribution in [2.24, 2.45) is 29.1 Å². The molecule has 1 N–H and O–H groups in total. The van der Waals surface area contributed by atoms with Crippen LogP contribution >= 0.6 is 0 Å². The first-order valence-corrected chi connectivity index (χ1v) is 8.93. The minimum Gasteiger partial charge on any atom is -0.491 e. The van der Waals surface area contributed by atoms with Crippen molar-refractivity contribution in [3.05, 3.63) is 11.5 Å². The van der Waals surface area contributed by atoms with Gasteiger partial charge < -0.3 is 14.6 Å². The summed E-state index contributed by atoms with van der Waals surface area (Å²) in [6.45, 7) is 12.0. The van der Waals surface area contributed by atoms with E-state index in [4.69, 9.17) is 9.47 Å². The van der Waals surface area contributed by atoms with Gasteiger partial charge in [0.25, 0.3) is 0 Å². The van der Waals surface area contributed by atoms with Crippen LogP contribution in [0.15, 0.2) is 11.5 Å². The van der Waals surface area contributed by atoms with Gasteiger partial charge in [-0.1, -0.05) is 13.8 Å². The molecule has 2 fully saturated rings. The number of ether oxygens (including phenoxy) is 2. The van der Waals surface area contributed by atoms with E-state index in [1.54, 1.807) is 0 Å². The first-order valence-electron chi connectivity index (χ1n) is 8.93. The van der Waals surface area contributed by atoms with E-state index < -0.39 is 0 Å². The molecule has 0 heterocycles. The Bertz CT molecular complexity index is 531. The van der Waals surface area contributed by atoms with Crippen LogP contribution in [0.25, 0.3) is 0 Å². The van der Waals surface area contributed by atoms with E-state index in [9.17, 15) is 9.90 Å². The highest BCUT2D eigenvalue weighted by atomic mass is 16.5. The van der Waals surface area contributed by atoms with E-state index in [1.165, 1.54) is 0 Å². The quantitative estimate of drug-likeness (QED) is 0.863. The Morgan fingerprint density at radius 1 is 1.13 bits per heavy atom. The number of aliphatic hydroxyl groups is 1. The molecule has 0 radical (unpaired) electrons. The number of aliphatic hydroxyl groups excluding tert-OH is 1. The molecule has 0 aromatic rings. The van der Waals surface area contributed by atoms with E-state index in [0.29, 0.717) is 17.4 Å². The third-order valence-corrected chi connectivity index (χ3v) is 5.71. The zero-order chi connectivity index (χ0) is 17.1. The topological polar surface area (TPSA) is 55.8 Å². The number of carbonyl (C=O) groups is 1. The number of Topliss-reactive ketones (excluding diaryl/α,β-unsaturated/α-hetero) is 1. The number of hydrogen-bond acceptors (Lipinski definition) is 4. The number of rotatable bonds is 4. The summed E-state index contributed by atoms with van der Waals surface area (Å²) in [5, 5.41) is 10.9. The van der Waals surface area contributed by atoms with Crippen LogP contribution in [0.1, 0.15) is 54.4 Å². The molecule has 0 saturated heterocycles. The summed E-state index contributed by atoms with van der Waals surface area (Å²) in [7, 11) is 0. The lowest BCUT2D eigenvalue weighted by Crippen LogP contribution is -2.33. The predicted octanol–water partition coefficient (Wildman–Crippen LogP) is 3.29. The van der Waals surface area contributed by atoms with Crippen molar-refractivity contribution < 1.29 is 19.4 Å². The highest BCUT2D eigenvalue weighted by Gasteiger charge is 2.63. The Labute approximate surface area is 139 Å². The number of fused-ring (bicyclic) bond motifs is 3. The fourth-order valence-electron chi connectivity index (χ4n) is 4.99. The van der Waals surface area contributed by atoms with Crippen molar-refractivity contribution >= 4 is 5.78 Å².